The predicted octanol–water partition coefficient (Wildman–Crippen LogP) is 5.16. The molecule has 11 heteroatoms. The van der Waals surface area contributed by atoms with Gasteiger partial charge in [0, 0.05) is 47.0 Å². The number of nitrogens with zero attached hydrogens (tertiary/aromatic N) is 1. The maximum Gasteiger partial charge on any atom is 0.418 e. The zero-order valence-corrected chi connectivity index (χ0v) is 16.1. The Hall–Kier alpha value is -2.78. The molecule has 154 valence electrons. The lowest BCUT2D eigenvalue weighted by molar-refractivity contribution is -0.385. The number of carbonyl (C=O) groups excluding carboxylic acids is 1. The predicted molar refractivity (Wildman–Crippen MR) is 105 cm³/mol. The van der Waals surface area contributed by atoms with Gasteiger partial charge >= 0.3 is 6.18 Å². The summed E-state index contributed by atoms with van der Waals surface area (Å²) >= 11 is 11.8. The second kappa shape index (κ2) is 9.62. The van der Waals surface area contributed by atoms with E-state index in [1.54, 1.807) is 12.1 Å². The third-order valence-corrected chi connectivity index (χ3v) is 4.20. The van der Waals surface area contributed by atoms with Crippen molar-refractivity contribution in [3.8, 4) is 0 Å². The highest BCUT2D eigenvalue weighted by molar-refractivity contribution is 6.35. The van der Waals surface area contributed by atoms with Crippen molar-refractivity contribution >= 4 is 46.6 Å². The van der Waals surface area contributed by atoms with E-state index in [0.29, 0.717) is 21.7 Å². The second-order valence-electron chi connectivity index (χ2n) is 5.70. The summed E-state index contributed by atoms with van der Waals surface area (Å²) in [4.78, 5) is 21.6. The lowest BCUT2D eigenvalue weighted by Gasteiger charge is -2.14. The van der Waals surface area contributed by atoms with Crippen LogP contribution in [0.4, 0.5) is 24.5 Å². The highest BCUT2D eigenvalue weighted by Gasteiger charge is 2.35. The fourth-order valence-electron chi connectivity index (χ4n) is 2.28. The van der Waals surface area contributed by atoms with Gasteiger partial charge < -0.3 is 10.6 Å². The van der Waals surface area contributed by atoms with Crippen molar-refractivity contribution < 1.29 is 22.9 Å². The lowest BCUT2D eigenvalue weighted by Crippen LogP contribution is -2.27. The molecule has 0 saturated heterocycles. The molecule has 0 aliphatic heterocycles. The normalized spacial score (nSPS) is 11.5. The van der Waals surface area contributed by atoms with Gasteiger partial charge in [-0.25, -0.2) is 0 Å². The second-order valence-corrected chi connectivity index (χ2v) is 6.55. The Morgan fingerprint density at radius 3 is 2.48 bits per heavy atom. The Morgan fingerprint density at radius 2 is 1.86 bits per heavy atom. The van der Waals surface area contributed by atoms with Crippen LogP contribution in [0.1, 0.15) is 11.1 Å². The van der Waals surface area contributed by atoms with E-state index >= 15 is 0 Å². The number of nitro groups is 1. The lowest BCUT2D eigenvalue weighted by atomic mass is 10.1. The summed E-state index contributed by atoms with van der Waals surface area (Å²) in [5.74, 6) is -0.474. The number of amides is 1. The molecular formula is C18H14Cl2F3N3O3. The van der Waals surface area contributed by atoms with Crippen LogP contribution in [-0.2, 0) is 11.0 Å². The topological polar surface area (TPSA) is 84.3 Å². The van der Waals surface area contributed by atoms with Gasteiger partial charge in [0.05, 0.1) is 10.5 Å². The first-order chi connectivity index (χ1) is 13.6. The van der Waals surface area contributed by atoms with Crippen LogP contribution in [0.3, 0.4) is 0 Å². The molecule has 2 rings (SSSR count). The zero-order chi connectivity index (χ0) is 21.6. The van der Waals surface area contributed by atoms with E-state index in [0.717, 1.165) is 12.1 Å². The summed E-state index contributed by atoms with van der Waals surface area (Å²) < 4.78 is 39.3. The van der Waals surface area contributed by atoms with Gasteiger partial charge in [-0.15, -0.1) is 0 Å². The van der Waals surface area contributed by atoms with Crippen molar-refractivity contribution in [1.29, 1.82) is 0 Å². The molecule has 1 amide bonds. The molecule has 0 saturated carbocycles. The van der Waals surface area contributed by atoms with Gasteiger partial charge in [-0.2, -0.15) is 13.2 Å². The first-order valence-electron chi connectivity index (χ1n) is 8.08. The molecule has 0 heterocycles. The van der Waals surface area contributed by atoms with Crippen LogP contribution in [0.5, 0.6) is 0 Å². The fraction of sp³-hybridized carbons (Fsp3) is 0.167. The molecule has 0 fully saturated rings. The van der Waals surface area contributed by atoms with E-state index in [1.807, 2.05) is 0 Å². The molecule has 2 aromatic rings. The van der Waals surface area contributed by atoms with E-state index in [1.165, 1.54) is 18.2 Å². The Labute approximate surface area is 173 Å². The standard InChI is InChI=1S/C18H14Cl2F3N3O3/c19-12-3-1-11(15(20)9-12)2-6-17(27)25-8-7-24-16-5-4-13(26(28)29)10-14(16)18(21,22)23/h1-6,9-10,24H,7-8H2,(H,25,27). The van der Waals surface area contributed by atoms with Crippen LogP contribution in [0, 0.1) is 10.1 Å². The Kier molecular flexibility index (Phi) is 7.46. The first kappa shape index (κ1) is 22.5. The van der Waals surface area contributed by atoms with E-state index in [4.69, 9.17) is 23.2 Å². The molecule has 6 nitrogen and oxygen atoms in total. The number of nitro benzene ring substituents is 1. The minimum absolute atomic E-state index is 0.0197. The van der Waals surface area contributed by atoms with Crippen LogP contribution >= 0.6 is 23.2 Å². The van der Waals surface area contributed by atoms with Crippen molar-refractivity contribution in [3.63, 3.8) is 0 Å². The number of rotatable bonds is 7. The van der Waals surface area contributed by atoms with Crippen molar-refractivity contribution in [1.82, 2.24) is 5.32 Å². The summed E-state index contributed by atoms with van der Waals surface area (Å²) in [5, 5.41) is 16.5. The van der Waals surface area contributed by atoms with E-state index in [2.05, 4.69) is 10.6 Å². The Morgan fingerprint density at radius 1 is 1.14 bits per heavy atom. The van der Waals surface area contributed by atoms with E-state index < -0.39 is 28.3 Å². The molecule has 29 heavy (non-hydrogen) atoms. The zero-order valence-electron chi connectivity index (χ0n) is 14.6. The molecule has 0 aliphatic carbocycles. The largest absolute Gasteiger partial charge is 0.418 e. The van der Waals surface area contributed by atoms with Crippen molar-refractivity contribution in [2.75, 3.05) is 18.4 Å². The molecule has 0 aromatic heterocycles. The molecule has 0 spiro atoms. The maximum atomic E-state index is 13.1. The Bertz CT molecular complexity index is 950. The van der Waals surface area contributed by atoms with Gasteiger partial charge in [-0.05, 0) is 29.8 Å². The van der Waals surface area contributed by atoms with Gasteiger partial charge in [0.2, 0.25) is 5.91 Å². The number of alkyl halides is 3. The van der Waals surface area contributed by atoms with Crippen LogP contribution < -0.4 is 10.6 Å². The number of halogens is 5. The molecule has 0 aliphatic rings. The first-order valence-corrected chi connectivity index (χ1v) is 8.84. The molecule has 0 unspecified atom stereocenters. The smallest absolute Gasteiger partial charge is 0.383 e. The van der Waals surface area contributed by atoms with Crippen LogP contribution in [0.25, 0.3) is 6.08 Å². The summed E-state index contributed by atoms with van der Waals surface area (Å²) in [7, 11) is 0. The molecule has 0 radical (unpaired) electrons. The molecule has 0 atom stereocenters. The molecule has 2 N–H and O–H groups in total. The van der Waals surface area contributed by atoms with Crippen molar-refractivity contribution in [3.05, 3.63) is 73.8 Å². The summed E-state index contributed by atoms with van der Waals surface area (Å²) in [6.07, 6.45) is -2.07. The number of benzene rings is 2. The van der Waals surface area contributed by atoms with Gasteiger partial charge in [-0.3, -0.25) is 14.9 Å². The average molecular weight is 448 g/mol. The minimum Gasteiger partial charge on any atom is -0.383 e. The Balaban J connectivity index is 1.92. The maximum absolute atomic E-state index is 13.1. The summed E-state index contributed by atoms with van der Waals surface area (Å²) in [6, 6.07) is 7.16. The van der Waals surface area contributed by atoms with Gasteiger partial charge in [0.15, 0.2) is 0 Å². The van der Waals surface area contributed by atoms with Gasteiger partial charge in [0.1, 0.15) is 0 Å². The van der Waals surface area contributed by atoms with Crippen molar-refractivity contribution in [2.24, 2.45) is 0 Å². The van der Waals surface area contributed by atoms with Crippen LogP contribution in [0.2, 0.25) is 10.0 Å². The van der Waals surface area contributed by atoms with E-state index in [-0.39, 0.29) is 18.8 Å². The number of anilines is 1. The number of hydrogen-bond acceptors (Lipinski definition) is 4. The third kappa shape index (κ3) is 6.65. The monoisotopic (exact) mass is 447 g/mol. The van der Waals surface area contributed by atoms with Crippen molar-refractivity contribution in [2.45, 2.75) is 6.18 Å². The van der Waals surface area contributed by atoms with E-state index in [9.17, 15) is 28.1 Å². The fourth-order valence-corrected chi connectivity index (χ4v) is 2.75. The highest BCUT2D eigenvalue weighted by atomic mass is 35.5. The number of carbonyl (C=O) groups is 1. The van der Waals surface area contributed by atoms with Gasteiger partial charge in [0.25, 0.3) is 5.69 Å². The molecule has 2 aromatic carbocycles. The summed E-state index contributed by atoms with van der Waals surface area (Å²) in [6.45, 7) is -0.00597. The quantitative estimate of drug-likeness (QED) is 0.265. The SMILES string of the molecule is O=C(C=Cc1ccc(Cl)cc1Cl)NCCNc1ccc([N+](=O)[O-])cc1C(F)(F)F. The van der Waals surface area contributed by atoms with Crippen LogP contribution in [0.15, 0.2) is 42.5 Å². The number of nitrogens with one attached hydrogen (secondary N) is 2. The van der Waals surface area contributed by atoms with Crippen LogP contribution in [-0.4, -0.2) is 23.9 Å². The summed E-state index contributed by atoms with van der Waals surface area (Å²) in [5.41, 5.74) is -1.57. The average Bonchev–Trinajstić information content (AvgIpc) is 2.63. The molecule has 0 bridgehead atoms. The third-order valence-electron chi connectivity index (χ3n) is 3.64. The highest BCUT2D eigenvalue weighted by Crippen LogP contribution is 2.36. The minimum atomic E-state index is -4.77. The number of hydrogen-bond donors (Lipinski definition) is 2. The number of non-ortho nitro benzene ring substituents is 1. The van der Waals surface area contributed by atoms with Gasteiger partial charge in [-0.1, -0.05) is 29.3 Å². The molecular weight excluding hydrogens is 434 g/mol.